The van der Waals surface area contributed by atoms with Gasteiger partial charge >= 0.3 is 0 Å². The molecule has 0 aliphatic carbocycles. The van der Waals surface area contributed by atoms with Gasteiger partial charge in [-0.05, 0) is 25.2 Å². The molecule has 0 spiro atoms. The molecule has 1 N–H and O–H groups in total. The van der Waals surface area contributed by atoms with E-state index in [1.165, 1.54) is 0 Å². The average molecular weight is 224 g/mol. The topological polar surface area (TPSA) is 41.6 Å². The Morgan fingerprint density at radius 2 is 2.00 bits per heavy atom. The molecule has 90 valence electrons. The summed E-state index contributed by atoms with van der Waals surface area (Å²) in [7, 11) is 0. The molecule has 4 atom stereocenters. The third kappa shape index (κ3) is 1.74. The highest BCUT2D eigenvalue weighted by molar-refractivity contribution is 5.79. The molecule has 2 unspecified atom stereocenters. The Bertz CT molecular complexity index is 283. The van der Waals surface area contributed by atoms with Crippen LogP contribution in [0.15, 0.2) is 0 Å². The van der Waals surface area contributed by atoms with E-state index >= 15 is 0 Å². The summed E-state index contributed by atoms with van der Waals surface area (Å²) < 4.78 is 5.48. The lowest BCUT2D eigenvalue weighted by atomic mass is 10.0. The molecule has 3 fully saturated rings. The van der Waals surface area contributed by atoms with Gasteiger partial charge in [0.15, 0.2) is 0 Å². The number of nitrogens with one attached hydrogen (secondary N) is 1. The molecule has 3 saturated heterocycles. The molecule has 3 aliphatic rings. The van der Waals surface area contributed by atoms with Crippen molar-refractivity contribution in [3.63, 3.8) is 0 Å². The van der Waals surface area contributed by atoms with Gasteiger partial charge in [0.2, 0.25) is 5.91 Å². The number of likely N-dealkylation sites (tertiary alicyclic amines) is 1. The predicted octanol–water partition coefficient (Wildman–Crippen LogP) is 0.0892. The number of rotatable bonds is 1. The van der Waals surface area contributed by atoms with Crippen molar-refractivity contribution in [3.05, 3.63) is 0 Å². The van der Waals surface area contributed by atoms with Crippen molar-refractivity contribution in [2.24, 2.45) is 17.8 Å². The van der Waals surface area contributed by atoms with Gasteiger partial charge in [-0.1, -0.05) is 0 Å². The van der Waals surface area contributed by atoms with Crippen molar-refractivity contribution in [2.45, 2.75) is 19.4 Å². The van der Waals surface area contributed by atoms with E-state index in [1.807, 2.05) is 0 Å². The van der Waals surface area contributed by atoms with Crippen molar-refractivity contribution < 1.29 is 9.53 Å². The molecule has 4 nitrogen and oxygen atoms in total. The Morgan fingerprint density at radius 1 is 1.31 bits per heavy atom. The first kappa shape index (κ1) is 10.5. The molecular formula is C12H20N2O2. The maximum absolute atomic E-state index is 12.2. The molecule has 0 aromatic rings. The van der Waals surface area contributed by atoms with E-state index in [9.17, 15) is 4.79 Å². The number of carbonyl (C=O) groups is 1. The molecule has 0 bridgehead atoms. The van der Waals surface area contributed by atoms with E-state index in [1.54, 1.807) is 0 Å². The summed E-state index contributed by atoms with van der Waals surface area (Å²) in [6, 6.07) is 0. The average Bonchev–Trinajstić information content (AvgIpc) is 2.89. The molecule has 16 heavy (non-hydrogen) atoms. The van der Waals surface area contributed by atoms with Gasteiger partial charge in [-0.15, -0.1) is 0 Å². The van der Waals surface area contributed by atoms with Crippen molar-refractivity contribution in [3.8, 4) is 0 Å². The number of carbonyl (C=O) groups excluding carboxylic acids is 1. The van der Waals surface area contributed by atoms with E-state index in [0.29, 0.717) is 24.3 Å². The van der Waals surface area contributed by atoms with Gasteiger partial charge in [-0.2, -0.15) is 0 Å². The van der Waals surface area contributed by atoms with E-state index in [0.717, 1.165) is 32.6 Å². The monoisotopic (exact) mass is 224 g/mol. The van der Waals surface area contributed by atoms with E-state index < -0.39 is 0 Å². The minimum Gasteiger partial charge on any atom is -0.378 e. The van der Waals surface area contributed by atoms with Gasteiger partial charge in [0, 0.05) is 26.2 Å². The summed E-state index contributed by atoms with van der Waals surface area (Å²) in [6.45, 7) is 6.78. The van der Waals surface area contributed by atoms with Crippen LogP contribution in [0.1, 0.15) is 13.3 Å². The first-order valence-electron chi connectivity index (χ1n) is 6.35. The Kier molecular flexibility index (Phi) is 2.64. The summed E-state index contributed by atoms with van der Waals surface area (Å²) in [5.41, 5.74) is 0. The minimum absolute atomic E-state index is 0.127. The normalized spacial score (nSPS) is 42.7. The second-order valence-corrected chi connectivity index (χ2v) is 5.50. The van der Waals surface area contributed by atoms with Crippen molar-refractivity contribution >= 4 is 5.91 Å². The van der Waals surface area contributed by atoms with Crippen molar-refractivity contribution in [1.29, 1.82) is 0 Å². The summed E-state index contributed by atoms with van der Waals surface area (Å²) >= 11 is 0. The van der Waals surface area contributed by atoms with E-state index in [-0.39, 0.29) is 12.0 Å². The fourth-order valence-corrected chi connectivity index (χ4v) is 3.28. The lowest BCUT2D eigenvalue weighted by molar-refractivity contribution is -0.134. The van der Waals surface area contributed by atoms with Crippen LogP contribution >= 0.6 is 0 Å². The predicted molar refractivity (Wildman–Crippen MR) is 60.0 cm³/mol. The van der Waals surface area contributed by atoms with Gasteiger partial charge in [0.1, 0.15) is 0 Å². The highest BCUT2D eigenvalue weighted by Gasteiger charge is 2.41. The van der Waals surface area contributed by atoms with Crippen LogP contribution in [-0.4, -0.2) is 49.7 Å². The molecule has 3 rings (SSSR count). The van der Waals surface area contributed by atoms with Gasteiger partial charge < -0.3 is 15.0 Å². The van der Waals surface area contributed by atoms with Gasteiger partial charge in [-0.25, -0.2) is 0 Å². The van der Waals surface area contributed by atoms with E-state index in [4.69, 9.17) is 4.74 Å². The zero-order valence-electron chi connectivity index (χ0n) is 9.82. The highest BCUT2D eigenvalue weighted by Crippen LogP contribution is 2.29. The summed E-state index contributed by atoms with van der Waals surface area (Å²) in [5, 5.41) is 3.40. The van der Waals surface area contributed by atoms with Crippen LogP contribution in [0.5, 0.6) is 0 Å². The van der Waals surface area contributed by atoms with Gasteiger partial charge in [0.05, 0.1) is 18.6 Å². The molecule has 3 aliphatic heterocycles. The molecule has 4 heteroatoms. The van der Waals surface area contributed by atoms with E-state index in [2.05, 4.69) is 17.1 Å². The van der Waals surface area contributed by atoms with Crippen LogP contribution in [-0.2, 0) is 9.53 Å². The summed E-state index contributed by atoms with van der Waals surface area (Å²) in [6.07, 6.45) is 1.17. The number of hydrogen-bond acceptors (Lipinski definition) is 3. The summed E-state index contributed by atoms with van der Waals surface area (Å²) in [4.78, 5) is 14.3. The molecule has 0 saturated carbocycles. The smallest absolute Gasteiger partial charge is 0.228 e. The van der Waals surface area contributed by atoms with Crippen LogP contribution < -0.4 is 5.32 Å². The highest BCUT2D eigenvalue weighted by atomic mass is 16.5. The first-order chi connectivity index (χ1) is 7.74. The lowest BCUT2D eigenvalue weighted by Crippen LogP contribution is -2.36. The Balaban J connectivity index is 1.60. The number of amides is 1. The minimum atomic E-state index is 0.127. The van der Waals surface area contributed by atoms with Crippen LogP contribution in [0.25, 0.3) is 0 Å². The molecular weight excluding hydrogens is 204 g/mol. The van der Waals surface area contributed by atoms with Crippen LogP contribution in [0.4, 0.5) is 0 Å². The fourth-order valence-electron chi connectivity index (χ4n) is 3.28. The molecule has 1 amide bonds. The number of fused-ring (bicyclic) bond motifs is 1. The summed E-state index contributed by atoms with van der Waals surface area (Å²) in [5.74, 6) is 1.85. The maximum atomic E-state index is 12.2. The first-order valence-corrected chi connectivity index (χ1v) is 6.35. The largest absolute Gasteiger partial charge is 0.378 e. The maximum Gasteiger partial charge on any atom is 0.228 e. The zero-order chi connectivity index (χ0) is 11.1. The number of ether oxygens (including phenoxy) is 1. The molecule has 0 aromatic heterocycles. The lowest BCUT2D eigenvalue weighted by Gasteiger charge is -2.20. The van der Waals surface area contributed by atoms with Crippen LogP contribution in [0, 0.1) is 17.8 Å². The number of hydrogen-bond donors (Lipinski definition) is 1. The molecule has 0 aromatic carbocycles. The van der Waals surface area contributed by atoms with Crippen molar-refractivity contribution in [2.75, 3.05) is 32.8 Å². The third-order valence-corrected chi connectivity index (χ3v) is 4.25. The zero-order valence-corrected chi connectivity index (χ0v) is 9.82. The van der Waals surface area contributed by atoms with Gasteiger partial charge in [0.25, 0.3) is 0 Å². The Morgan fingerprint density at radius 3 is 2.56 bits per heavy atom. The second kappa shape index (κ2) is 4.00. The Labute approximate surface area is 96.3 Å². The van der Waals surface area contributed by atoms with Crippen LogP contribution in [0.3, 0.4) is 0 Å². The van der Waals surface area contributed by atoms with Crippen LogP contribution in [0.2, 0.25) is 0 Å². The van der Waals surface area contributed by atoms with Gasteiger partial charge in [-0.3, -0.25) is 4.79 Å². The third-order valence-electron chi connectivity index (χ3n) is 4.25. The standard InChI is InChI=1S/C12H20N2O2/c1-8-2-9(7-16-8)12(15)14-5-10-3-13-4-11(10)6-14/h8-11,13H,2-7H2,1H3/t8?,9?,10-,11+. The quantitative estimate of drug-likeness (QED) is 0.686. The molecule has 0 radical (unpaired) electrons. The van der Waals surface area contributed by atoms with Crippen molar-refractivity contribution in [1.82, 2.24) is 10.2 Å². The second-order valence-electron chi connectivity index (χ2n) is 5.50. The SMILES string of the molecule is CC1CC(C(=O)N2C[C@H]3CNC[C@H]3C2)CO1. The number of nitrogens with zero attached hydrogens (tertiary/aromatic N) is 1. The Hall–Kier alpha value is -0.610. The fraction of sp³-hybridized carbons (Fsp3) is 0.917. The molecule has 3 heterocycles.